The molecule has 8 nitrogen and oxygen atoms in total. The molecule has 27 heavy (non-hydrogen) atoms. The van der Waals surface area contributed by atoms with E-state index in [0.29, 0.717) is 12.2 Å². The quantitative estimate of drug-likeness (QED) is 0.574. The average molecular weight is 410 g/mol. The van der Waals surface area contributed by atoms with Gasteiger partial charge in [0, 0.05) is 16.6 Å². The number of hydrogen-bond acceptors (Lipinski definition) is 7. The fourth-order valence-electron chi connectivity index (χ4n) is 2.81. The van der Waals surface area contributed by atoms with Crippen molar-refractivity contribution in [3.05, 3.63) is 34.7 Å². The summed E-state index contributed by atoms with van der Waals surface area (Å²) in [6.45, 7) is -0.429. The molecule has 1 aromatic carbocycles. The molecule has 0 spiro atoms. The Morgan fingerprint density at radius 2 is 2.11 bits per heavy atom. The second kappa shape index (κ2) is 7.83. The maximum absolute atomic E-state index is 12.4. The van der Waals surface area contributed by atoms with E-state index in [9.17, 15) is 23.1 Å². The summed E-state index contributed by atoms with van der Waals surface area (Å²) in [6, 6.07) is 6.50. The van der Waals surface area contributed by atoms with Gasteiger partial charge in [-0.1, -0.05) is 12.1 Å². The molecule has 2 aliphatic rings. The van der Waals surface area contributed by atoms with Crippen LogP contribution in [0.3, 0.4) is 0 Å². The molecule has 3 rings (SSSR count). The number of amides is 3. The average Bonchev–Trinajstić information content (AvgIpc) is 3.09. The molecule has 0 saturated carbocycles. The summed E-state index contributed by atoms with van der Waals surface area (Å²) in [5.74, 6) is -0.506. The molecule has 144 valence electrons. The lowest BCUT2D eigenvalue weighted by Gasteiger charge is -2.15. The molecule has 0 bridgehead atoms. The highest BCUT2D eigenvalue weighted by atomic mass is 32.3. The summed E-state index contributed by atoms with van der Waals surface area (Å²) in [5.41, 5.74) is 0.724. The number of rotatable bonds is 5. The number of carbonyl (C=O) groups is 3. The minimum Gasteiger partial charge on any atom is -0.615 e. The lowest BCUT2D eigenvalue weighted by molar-refractivity contribution is -0.129. The summed E-state index contributed by atoms with van der Waals surface area (Å²) in [5, 5.41) is 2.04. The van der Waals surface area contributed by atoms with Gasteiger partial charge in [0.25, 0.3) is 11.1 Å². The van der Waals surface area contributed by atoms with Crippen molar-refractivity contribution >= 4 is 45.1 Å². The fourth-order valence-corrected chi connectivity index (χ4v) is 5.33. The van der Waals surface area contributed by atoms with Crippen LogP contribution in [0, 0.1) is 0 Å². The van der Waals surface area contributed by atoms with E-state index >= 15 is 0 Å². The first-order chi connectivity index (χ1) is 12.8. The van der Waals surface area contributed by atoms with E-state index in [1.807, 2.05) is 0 Å². The topological polar surface area (TPSA) is 116 Å². The monoisotopic (exact) mass is 410 g/mol. The molecule has 0 aliphatic carbocycles. The van der Waals surface area contributed by atoms with Gasteiger partial charge in [-0.3, -0.25) is 19.3 Å². The third kappa shape index (κ3) is 4.76. The summed E-state index contributed by atoms with van der Waals surface area (Å²) >= 11 is 0.762. The Morgan fingerprint density at radius 3 is 2.70 bits per heavy atom. The van der Waals surface area contributed by atoms with Gasteiger partial charge in [0.1, 0.15) is 23.8 Å². The van der Waals surface area contributed by atoms with Crippen LogP contribution in [0.2, 0.25) is 0 Å². The summed E-state index contributed by atoms with van der Waals surface area (Å²) < 4.78 is 27.9. The number of sulfone groups is 1. The Morgan fingerprint density at radius 1 is 1.41 bits per heavy atom. The van der Waals surface area contributed by atoms with Gasteiger partial charge in [0.05, 0.1) is 18.1 Å². The van der Waals surface area contributed by atoms with Gasteiger partial charge in [-0.15, -0.1) is 4.21 Å². The van der Waals surface area contributed by atoms with Crippen LogP contribution in [-0.4, -0.2) is 57.7 Å². The maximum Gasteiger partial charge on any atom is 0.294 e. The van der Waals surface area contributed by atoms with Gasteiger partial charge in [0.15, 0.2) is 0 Å². The number of imide groups is 1. The zero-order chi connectivity index (χ0) is 19.6. The van der Waals surface area contributed by atoms with Gasteiger partial charge in [0.2, 0.25) is 5.91 Å². The maximum atomic E-state index is 12.4. The highest BCUT2D eigenvalue weighted by Crippen LogP contribution is 2.32. The minimum absolute atomic E-state index is 0.0319. The van der Waals surface area contributed by atoms with Crippen LogP contribution in [0.15, 0.2) is 29.2 Å². The number of ether oxygens (including phenoxy) is 1. The molecule has 2 atom stereocenters. The summed E-state index contributed by atoms with van der Waals surface area (Å²) in [6.07, 6.45) is 1.92. The predicted octanol–water partition coefficient (Wildman–Crippen LogP) is 1.25. The molecule has 10 heteroatoms. The Labute approximate surface area is 161 Å². The van der Waals surface area contributed by atoms with Gasteiger partial charge >= 0.3 is 0 Å². The van der Waals surface area contributed by atoms with Crippen LogP contribution in [0.4, 0.5) is 4.79 Å². The van der Waals surface area contributed by atoms with E-state index in [4.69, 9.17) is 4.74 Å². The highest BCUT2D eigenvalue weighted by Gasteiger charge is 2.38. The van der Waals surface area contributed by atoms with E-state index < -0.39 is 39.9 Å². The number of thioether (sulfide) groups is 1. The minimum atomic E-state index is -3.12. The lowest BCUT2D eigenvalue weighted by Crippen LogP contribution is -2.44. The molecule has 0 aromatic heterocycles. The van der Waals surface area contributed by atoms with E-state index in [2.05, 4.69) is 5.32 Å². The summed E-state index contributed by atoms with van der Waals surface area (Å²) in [7, 11) is -1.57. The van der Waals surface area contributed by atoms with E-state index in [-0.39, 0.29) is 16.4 Å². The SMILES string of the molecule is COc1ccc(/C=C2/SC(=O)N(CC(=O)NC3CC[S+](=O)([O-])C3)C2=O)cc1. The molecule has 2 aliphatic heterocycles. The smallest absolute Gasteiger partial charge is 0.294 e. The second-order valence-electron chi connectivity index (χ2n) is 6.21. The second-order valence-corrected chi connectivity index (χ2v) is 9.43. The van der Waals surface area contributed by atoms with Crippen molar-refractivity contribution in [2.75, 3.05) is 25.2 Å². The summed E-state index contributed by atoms with van der Waals surface area (Å²) in [4.78, 5) is 37.7. The standard InChI is InChI=1S/C17H18N2O6S2/c1-25-13-4-2-11(3-5-13)8-14-16(21)19(17(22)26-14)9-15(20)18-12-6-7-27(23,24)10-12/h2-5,8,12H,6-7,9-10H2,1H3,(H-,18,20,23,24)/b14-8+. The zero-order valence-corrected chi connectivity index (χ0v) is 16.1. The van der Waals surface area contributed by atoms with Gasteiger partial charge in [-0.25, -0.2) is 0 Å². The molecule has 0 radical (unpaired) electrons. The van der Waals surface area contributed by atoms with Crippen molar-refractivity contribution in [1.29, 1.82) is 0 Å². The zero-order valence-electron chi connectivity index (χ0n) is 14.5. The van der Waals surface area contributed by atoms with Crippen molar-refractivity contribution in [1.82, 2.24) is 10.2 Å². The number of hydrogen-bond donors (Lipinski definition) is 1. The molecule has 2 saturated heterocycles. The third-order valence-corrected chi connectivity index (χ3v) is 6.86. The van der Waals surface area contributed by atoms with Gasteiger partial charge in [-0.2, -0.15) is 0 Å². The molecular weight excluding hydrogens is 392 g/mol. The number of nitrogens with zero attached hydrogens (tertiary/aromatic N) is 1. The van der Waals surface area contributed by atoms with Crippen molar-refractivity contribution in [3.63, 3.8) is 0 Å². The molecule has 2 fully saturated rings. The van der Waals surface area contributed by atoms with Gasteiger partial charge in [-0.05, 0) is 35.5 Å². The van der Waals surface area contributed by atoms with Crippen LogP contribution in [0.25, 0.3) is 6.08 Å². The molecule has 3 amide bonds. The van der Waals surface area contributed by atoms with E-state index in [0.717, 1.165) is 22.2 Å². The first-order valence-corrected chi connectivity index (χ1v) is 10.8. The largest absolute Gasteiger partial charge is 0.615 e. The molecule has 1 N–H and O–H groups in total. The Balaban J connectivity index is 1.62. The number of nitrogens with one attached hydrogen (secondary N) is 1. The van der Waals surface area contributed by atoms with Crippen molar-refractivity contribution < 1.29 is 27.9 Å². The van der Waals surface area contributed by atoms with Crippen LogP contribution < -0.4 is 10.1 Å². The fraction of sp³-hybridized carbons (Fsp3) is 0.353. The van der Waals surface area contributed by atoms with E-state index in [1.165, 1.54) is 0 Å². The third-order valence-electron chi connectivity index (χ3n) is 4.19. The number of carbonyl (C=O) groups excluding carboxylic acids is 3. The van der Waals surface area contributed by atoms with Crippen LogP contribution >= 0.6 is 11.8 Å². The Kier molecular flexibility index (Phi) is 5.68. The van der Waals surface area contributed by atoms with Crippen LogP contribution in [-0.2, 0) is 24.0 Å². The Bertz CT molecular complexity index is 851. The van der Waals surface area contributed by atoms with E-state index in [1.54, 1.807) is 37.5 Å². The predicted molar refractivity (Wildman–Crippen MR) is 101 cm³/mol. The Hall–Kier alpha value is -2.17. The number of benzene rings is 1. The highest BCUT2D eigenvalue weighted by molar-refractivity contribution is 8.18. The molecule has 2 unspecified atom stereocenters. The normalized spacial score (nSPS) is 26.7. The molecule has 2 heterocycles. The molecule has 1 aromatic rings. The first-order valence-electron chi connectivity index (χ1n) is 8.16. The van der Waals surface area contributed by atoms with Crippen molar-refractivity contribution in [2.24, 2.45) is 0 Å². The van der Waals surface area contributed by atoms with Gasteiger partial charge < -0.3 is 14.6 Å². The first kappa shape index (κ1) is 19.6. The lowest BCUT2D eigenvalue weighted by atomic mass is 10.2. The van der Waals surface area contributed by atoms with Crippen molar-refractivity contribution in [2.45, 2.75) is 12.5 Å². The van der Waals surface area contributed by atoms with Crippen molar-refractivity contribution in [3.8, 4) is 5.75 Å². The van der Waals surface area contributed by atoms with Crippen LogP contribution in [0.1, 0.15) is 12.0 Å². The molecular formula is C17H18N2O6S2. The van der Waals surface area contributed by atoms with Crippen LogP contribution in [0.5, 0.6) is 5.75 Å². The number of methoxy groups -OCH3 is 1.